The van der Waals surface area contributed by atoms with Crippen LogP contribution in [-0.4, -0.2) is 15.9 Å². The second kappa shape index (κ2) is 6.34. The van der Waals surface area contributed by atoms with Crippen molar-refractivity contribution in [2.75, 3.05) is 0 Å². The van der Waals surface area contributed by atoms with Crippen molar-refractivity contribution >= 4 is 39.5 Å². The van der Waals surface area contributed by atoms with E-state index in [1.54, 1.807) is 18.2 Å². The number of furan rings is 1. The van der Waals surface area contributed by atoms with Gasteiger partial charge in [-0.3, -0.25) is 4.79 Å². The number of amides is 1. The highest BCUT2D eigenvalue weighted by Gasteiger charge is 2.46. The van der Waals surface area contributed by atoms with Gasteiger partial charge in [-0.1, -0.05) is 11.6 Å². The zero-order valence-corrected chi connectivity index (χ0v) is 15.8. The summed E-state index contributed by atoms with van der Waals surface area (Å²) in [4.78, 5) is 20.5. The number of benzene rings is 2. The number of carbonyl (C=O) groups excluding carboxylic acids is 1. The molecule has 0 radical (unpaired) electrons. The molecule has 1 fully saturated rings. The van der Waals surface area contributed by atoms with Crippen LogP contribution in [0.15, 0.2) is 46.9 Å². The highest BCUT2D eigenvalue weighted by atomic mass is 35.5. The molecule has 1 unspecified atom stereocenters. The van der Waals surface area contributed by atoms with Crippen LogP contribution in [0.25, 0.3) is 22.0 Å². The molecule has 0 saturated heterocycles. The number of hydrogen-bond acceptors (Lipinski definition) is 3. The first kappa shape index (κ1) is 17.3. The fourth-order valence-corrected chi connectivity index (χ4v) is 3.78. The van der Waals surface area contributed by atoms with Gasteiger partial charge in [0.05, 0.1) is 17.1 Å². The quantitative estimate of drug-likeness (QED) is 0.504. The maximum absolute atomic E-state index is 13.3. The number of fused-ring (bicyclic) bond motifs is 2. The largest absolute Gasteiger partial charge is 0.459 e. The van der Waals surface area contributed by atoms with Crippen molar-refractivity contribution in [3.63, 3.8) is 0 Å². The lowest BCUT2D eigenvalue weighted by Crippen LogP contribution is -2.28. The highest BCUT2D eigenvalue weighted by Crippen LogP contribution is 2.47. The Bertz CT molecular complexity index is 1220. The van der Waals surface area contributed by atoms with E-state index < -0.39 is 0 Å². The Morgan fingerprint density at radius 3 is 3.04 bits per heavy atom. The fourth-order valence-electron chi connectivity index (χ4n) is 3.60. The summed E-state index contributed by atoms with van der Waals surface area (Å²) in [5, 5.41) is 4.31. The zero-order valence-electron chi connectivity index (χ0n) is 15.0. The Labute approximate surface area is 164 Å². The van der Waals surface area contributed by atoms with Crippen LogP contribution in [0, 0.1) is 11.7 Å². The lowest BCUT2D eigenvalue weighted by molar-refractivity contribution is -0.123. The maximum Gasteiger partial charge on any atom is 0.224 e. The SMILES string of the molecule is CC(NC(=O)[C@H]1C[C@@H]1c1nc2ccc(Cl)cc2[nH]1)c1cc2cc(F)ccc2o1. The summed E-state index contributed by atoms with van der Waals surface area (Å²) in [6.45, 7) is 1.85. The fraction of sp³-hybridized carbons (Fsp3) is 0.238. The van der Waals surface area contributed by atoms with Crippen LogP contribution >= 0.6 is 11.6 Å². The first-order chi connectivity index (χ1) is 13.5. The van der Waals surface area contributed by atoms with E-state index in [4.69, 9.17) is 16.0 Å². The van der Waals surface area contributed by atoms with Gasteiger partial charge in [-0.2, -0.15) is 0 Å². The third-order valence-electron chi connectivity index (χ3n) is 5.22. The number of imidazole rings is 1. The van der Waals surface area contributed by atoms with Gasteiger partial charge in [-0.15, -0.1) is 0 Å². The average Bonchev–Trinajstić information content (AvgIpc) is 3.17. The maximum atomic E-state index is 13.3. The first-order valence-electron chi connectivity index (χ1n) is 9.12. The van der Waals surface area contributed by atoms with Crippen LogP contribution in [0.5, 0.6) is 0 Å². The summed E-state index contributed by atoms with van der Waals surface area (Å²) in [5.41, 5.74) is 2.31. The van der Waals surface area contributed by atoms with E-state index in [0.29, 0.717) is 21.8 Å². The van der Waals surface area contributed by atoms with Gasteiger partial charge < -0.3 is 14.7 Å². The Hall–Kier alpha value is -2.86. The van der Waals surface area contributed by atoms with Gasteiger partial charge in [0.15, 0.2) is 0 Å². The third kappa shape index (κ3) is 3.03. The molecule has 4 aromatic rings. The van der Waals surface area contributed by atoms with Crippen molar-refractivity contribution in [2.45, 2.75) is 25.3 Å². The van der Waals surface area contributed by atoms with Crippen molar-refractivity contribution < 1.29 is 13.6 Å². The van der Waals surface area contributed by atoms with Crippen LogP contribution in [0.3, 0.4) is 0 Å². The second-order valence-corrected chi connectivity index (χ2v) is 7.73. The number of aromatic nitrogens is 2. The monoisotopic (exact) mass is 397 g/mol. The van der Waals surface area contributed by atoms with Crippen molar-refractivity contribution in [3.8, 4) is 0 Å². The second-order valence-electron chi connectivity index (χ2n) is 7.29. The Morgan fingerprint density at radius 2 is 2.18 bits per heavy atom. The topological polar surface area (TPSA) is 70.9 Å². The molecule has 3 atom stereocenters. The summed E-state index contributed by atoms with van der Waals surface area (Å²) in [6.07, 6.45) is 0.747. The van der Waals surface area contributed by atoms with Gasteiger partial charge in [-0.25, -0.2) is 9.37 Å². The normalized spacial score (nSPS) is 19.8. The number of halogens is 2. The molecular formula is C21H17ClFN3O2. The van der Waals surface area contributed by atoms with Crippen molar-refractivity contribution in [1.82, 2.24) is 15.3 Å². The highest BCUT2D eigenvalue weighted by molar-refractivity contribution is 6.31. The molecule has 7 heteroatoms. The lowest BCUT2D eigenvalue weighted by atomic mass is 10.2. The number of nitrogens with one attached hydrogen (secondary N) is 2. The summed E-state index contributed by atoms with van der Waals surface area (Å²) >= 11 is 6.01. The molecule has 0 aliphatic heterocycles. The first-order valence-corrected chi connectivity index (χ1v) is 9.50. The lowest BCUT2D eigenvalue weighted by Gasteiger charge is -2.11. The molecule has 5 nitrogen and oxygen atoms in total. The summed E-state index contributed by atoms with van der Waals surface area (Å²) in [6, 6.07) is 11.3. The van der Waals surface area contributed by atoms with E-state index in [2.05, 4.69) is 15.3 Å². The molecule has 2 heterocycles. The number of rotatable bonds is 4. The molecule has 28 heavy (non-hydrogen) atoms. The van der Waals surface area contributed by atoms with E-state index >= 15 is 0 Å². The molecule has 1 amide bonds. The van der Waals surface area contributed by atoms with Gasteiger partial charge in [0.2, 0.25) is 5.91 Å². The number of aromatic amines is 1. The summed E-state index contributed by atoms with van der Waals surface area (Å²) in [7, 11) is 0. The molecule has 1 aliphatic carbocycles. The Morgan fingerprint density at radius 1 is 1.32 bits per heavy atom. The molecule has 1 saturated carbocycles. The molecule has 142 valence electrons. The van der Waals surface area contributed by atoms with Gasteiger partial charge in [0.25, 0.3) is 0 Å². The van der Waals surface area contributed by atoms with Crippen LogP contribution in [0.1, 0.15) is 36.9 Å². The van der Waals surface area contributed by atoms with Crippen LogP contribution < -0.4 is 5.32 Å². The van der Waals surface area contributed by atoms with Crippen LogP contribution in [0.2, 0.25) is 5.02 Å². The van der Waals surface area contributed by atoms with Crippen LogP contribution in [-0.2, 0) is 4.79 Å². The Kier molecular flexibility index (Phi) is 3.91. The molecule has 2 aromatic carbocycles. The number of hydrogen-bond donors (Lipinski definition) is 2. The molecule has 5 rings (SSSR count). The molecule has 2 N–H and O–H groups in total. The van der Waals surface area contributed by atoms with E-state index in [9.17, 15) is 9.18 Å². The van der Waals surface area contributed by atoms with Gasteiger partial charge in [0, 0.05) is 22.2 Å². The minimum absolute atomic E-state index is 0.0392. The van der Waals surface area contributed by atoms with Crippen molar-refractivity contribution in [3.05, 3.63) is 64.9 Å². The van der Waals surface area contributed by atoms with Gasteiger partial charge in [-0.05, 0) is 55.8 Å². The number of nitrogens with zero attached hydrogens (tertiary/aromatic N) is 1. The smallest absolute Gasteiger partial charge is 0.224 e. The third-order valence-corrected chi connectivity index (χ3v) is 5.46. The minimum Gasteiger partial charge on any atom is -0.459 e. The number of carbonyl (C=O) groups is 1. The molecule has 2 aromatic heterocycles. The Balaban J connectivity index is 1.28. The van der Waals surface area contributed by atoms with E-state index in [1.807, 2.05) is 19.1 Å². The predicted octanol–water partition coefficient (Wildman–Crippen LogP) is 5.08. The van der Waals surface area contributed by atoms with Gasteiger partial charge in [0.1, 0.15) is 23.0 Å². The predicted molar refractivity (Wildman–Crippen MR) is 105 cm³/mol. The standard InChI is InChI=1S/C21H17ClFN3O2/c1-10(19-7-11-6-13(23)3-5-18(11)28-19)24-21(27)15-9-14(15)20-25-16-4-2-12(22)8-17(16)26-20/h2-8,10,14-15H,9H2,1H3,(H,24,27)(H,25,26)/t10?,14-,15-/m0/s1. The molecule has 0 spiro atoms. The van der Waals surface area contributed by atoms with Crippen molar-refractivity contribution in [1.29, 1.82) is 0 Å². The zero-order chi connectivity index (χ0) is 19.4. The molecule has 0 bridgehead atoms. The van der Waals surface area contributed by atoms with E-state index in [0.717, 1.165) is 23.3 Å². The van der Waals surface area contributed by atoms with Crippen molar-refractivity contribution in [2.24, 2.45) is 5.92 Å². The van der Waals surface area contributed by atoms with Crippen LogP contribution in [0.4, 0.5) is 4.39 Å². The van der Waals surface area contributed by atoms with Gasteiger partial charge >= 0.3 is 0 Å². The molecular weight excluding hydrogens is 381 g/mol. The van der Waals surface area contributed by atoms with E-state index in [-0.39, 0.29) is 29.6 Å². The number of H-pyrrole nitrogens is 1. The molecule has 1 aliphatic rings. The minimum atomic E-state index is -0.315. The summed E-state index contributed by atoms with van der Waals surface area (Å²) < 4.78 is 19.1. The average molecular weight is 398 g/mol. The summed E-state index contributed by atoms with van der Waals surface area (Å²) in [5.74, 6) is 1.00. The van der Waals surface area contributed by atoms with E-state index in [1.165, 1.54) is 12.1 Å².